The lowest BCUT2D eigenvalue weighted by atomic mass is 9.89. The van der Waals surface area contributed by atoms with Gasteiger partial charge in [-0.15, -0.1) is 0 Å². The standard InChI is InChI=1S/C21H30ClN3O2/c22-19-8-6-17(7-9-19)14-21(27)25-12-10-24(11-13-25)16-20(26)23-15-18-4-2-1-3-5-18/h6-9,18H,1-5,10-16H2,(H,23,26). The molecule has 2 fully saturated rings. The molecule has 1 aliphatic carbocycles. The molecular weight excluding hydrogens is 362 g/mol. The zero-order chi connectivity index (χ0) is 19.1. The van der Waals surface area contributed by atoms with Crippen molar-refractivity contribution in [2.75, 3.05) is 39.3 Å². The number of carbonyl (C=O) groups is 2. The minimum absolute atomic E-state index is 0.113. The topological polar surface area (TPSA) is 52.7 Å². The van der Waals surface area contributed by atoms with Crippen LogP contribution in [0.2, 0.25) is 5.02 Å². The Morgan fingerprint density at radius 2 is 1.67 bits per heavy atom. The second kappa shape index (κ2) is 10.1. The van der Waals surface area contributed by atoms with Crippen LogP contribution in [0.15, 0.2) is 24.3 Å². The van der Waals surface area contributed by atoms with Gasteiger partial charge in [-0.1, -0.05) is 43.0 Å². The summed E-state index contributed by atoms with van der Waals surface area (Å²) in [5.41, 5.74) is 0.980. The molecule has 5 nitrogen and oxygen atoms in total. The lowest BCUT2D eigenvalue weighted by Crippen LogP contribution is -2.51. The number of amides is 2. The highest BCUT2D eigenvalue weighted by Crippen LogP contribution is 2.22. The molecule has 6 heteroatoms. The predicted octanol–water partition coefficient (Wildman–Crippen LogP) is 2.72. The third-order valence-electron chi connectivity index (χ3n) is 5.67. The molecule has 0 radical (unpaired) electrons. The predicted molar refractivity (Wildman–Crippen MR) is 108 cm³/mol. The maximum atomic E-state index is 12.5. The Morgan fingerprint density at radius 3 is 2.33 bits per heavy atom. The second-order valence-electron chi connectivity index (χ2n) is 7.77. The smallest absolute Gasteiger partial charge is 0.234 e. The molecule has 1 aromatic rings. The summed E-state index contributed by atoms with van der Waals surface area (Å²) in [6.45, 7) is 4.13. The molecule has 0 spiro atoms. The molecule has 0 atom stereocenters. The minimum Gasteiger partial charge on any atom is -0.355 e. The number of piperazine rings is 1. The molecule has 1 saturated carbocycles. The molecule has 0 bridgehead atoms. The van der Waals surface area contributed by atoms with Gasteiger partial charge in [0.15, 0.2) is 0 Å². The van der Waals surface area contributed by atoms with Crippen LogP contribution in [0.1, 0.15) is 37.7 Å². The first-order chi connectivity index (χ1) is 13.1. The number of rotatable bonds is 6. The van der Waals surface area contributed by atoms with Gasteiger partial charge < -0.3 is 10.2 Å². The van der Waals surface area contributed by atoms with Crippen LogP contribution < -0.4 is 5.32 Å². The molecule has 1 heterocycles. The van der Waals surface area contributed by atoms with E-state index in [0.29, 0.717) is 37.0 Å². The Bertz CT molecular complexity index is 621. The van der Waals surface area contributed by atoms with Crippen molar-refractivity contribution >= 4 is 23.4 Å². The van der Waals surface area contributed by atoms with Gasteiger partial charge in [-0.25, -0.2) is 0 Å². The number of hydrogen-bond acceptors (Lipinski definition) is 3. The average molecular weight is 392 g/mol. The second-order valence-corrected chi connectivity index (χ2v) is 8.20. The van der Waals surface area contributed by atoms with E-state index in [1.54, 1.807) is 0 Å². The van der Waals surface area contributed by atoms with Crippen molar-refractivity contribution in [3.8, 4) is 0 Å². The van der Waals surface area contributed by atoms with Crippen molar-refractivity contribution in [2.45, 2.75) is 38.5 Å². The molecule has 3 rings (SSSR count). The summed E-state index contributed by atoms with van der Waals surface area (Å²) >= 11 is 5.89. The fraction of sp³-hybridized carbons (Fsp3) is 0.619. The van der Waals surface area contributed by atoms with E-state index >= 15 is 0 Å². The Labute approximate surface area is 167 Å². The molecule has 2 aliphatic rings. The first-order valence-corrected chi connectivity index (χ1v) is 10.5. The van der Waals surface area contributed by atoms with Gasteiger partial charge in [0.25, 0.3) is 0 Å². The number of hydrogen-bond donors (Lipinski definition) is 1. The van der Waals surface area contributed by atoms with Crippen LogP contribution in [-0.4, -0.2) is 60.9 Å². The molecule has 27 heavy (non-hydrogen) atoms. The zero-order valence-corrected chi connectivity index (χ0v) is 16.7. The fourth-order valence-electron chi connectivity index (χ4n) is 3.95. The highest BCUT2D eigenvalue weighted by Gasteiger charge is 2.23. The molecule has 1 aliphatic heterocycles. The molecule has 1 N–H and O–H groups in total. The Morgan fingerprint density at radius 1 is 1.00 bits per heavy atom. The van der Waals surface area contributed by atoms with Crippen LogP contribution in [0.3, 0.4) is 0 Å². The van der Waals surface area contributed by atoms with Gasteiger partial charge in [0.1, 0.15) is 0 Å². The summed E-state index contributed by atoms with van der Waals surface area (Å²) in [6.07, 6.45) is 6.83. The van der Waals surface area contributed by atoms with Crippen molar-refractivity contribution in [1.82, 2.24) is 15.1 Å². The number of nitrogens with one attached hydrogen (secondary N) is 1. The van der Waals surface area contributed by atoms with Crippen LogP contribution in [0.25, 0.3) is 0 Å². The maximum absolute atomic E-state index is 12.5. The van der Waals surface area contributed by atoms with Crippen LogP contribution in [0, 0.1) is 5.92 Å². The summed E-state index contributed by atoms with van der Waals surface area (Å²) in [4.78, 5) is 28.7. The molecular formula is C21H30ClN3O2. The Balaban J connectivity index is 1.34. The van der Waals surface area contributed by atoms with E-state index in [2.05, 4.69) is 10.2 Å². The minimum atomic E-state index is 0.113. The van der Waals surface area contributed by atoms with Gasteiger partial charge in [0, 0.05) is 37.7 Å². The van der Waals surface area contributed by atoms with E-state index in [0.717, 1.165) is 25.2 Å². The van der Waals surface area contributed by atoms with Gasteiger partial charge in [-0.2, -0.15) is 0 Å². The van der Waals surface area contributed by atoms with Gasteiger partial charge in [0.05, 0.1) is 13.0 Å². The average Bonchev–Trinajstić information content (AvgIpc) is 2.69. The SMILES string of the molecule is O=C(CN1CCN(C(=O)Cc2ccc(Cl)cc2)CC1)NCC1CCCCC1. The van der Waals surface area contributed by atoms with E-state index < -0.39 is 0 Å². The van der Waals surface area contributed by atoms with Gasteiger partial charge >= 0.3 is 0 Å². The van der Waals surface area contributed by atoms with Gasteiger partial charge in [-0.05, 0) is 36.5 Å². The largest absolute Gasteiger partial charge is 0.355 e. The molecule has 1 aromatic carbocycles. The van der Waals surface area contributed by atoms with E-state index in [-0.39, 0.29) is 11.8 Å². The number of nitrogens with zero attached hydrogens (tertiary/aromatic N) is 2. The van der Waals surface area contributed by atoms with Crippen LogP contribution >= 0.6 is 11.6 Å². The van der Waals surface area contributed by atoms with Crippen LogP contribution in [0.5, 0.6) is 0 Å². The highest BCUT2D eigenvalue weighted by atomic mass is 35.5. The molecule has 0 unspecified atom stereocenters. The van der Waals surface area contributed by atoms with Crippen molar-refractivity contribution in [3.63, 3.8) is 0 Å². The van der Waals surface area contributed by atoms with Gasteiger partial charge in [0.2, 0.25) is 11.8 Å². The van der Waals surface area contributed by atoms with Crippen molar-refractivity contribution < 1.29 is 9.59 Å². The highest BCUT2D eigenvalue weighted by molar-refractivity contribution is 6.30. The van der Waals surface area contributed by atoms with Crippen molar-refractivity contribution in [1.29, 1.82) is 0 Å². The third-order valence-corrected chi connectivity index (χ3v) is 5.93. The summed E-state index contributed by atoms with van der Waals surface area (Å²) in [7, 11) is 0. The van der Waals surface area contributed by atoms with Crippen LogP contribution in [-0.2, 0) is 16.0 Å². The van der Waals surface area contributed by atoms with E-state index in [1.807, 2.05) is 29.2 Å². The first-order valence-electron chi connectivity index (χ1n) is 10.1. The normalized spacial score (nSPS) is 19.1. The summed E-state index contributed by atoms with van der Waals surface area (Å²) in [5, 5.41) is 3.78. The summed E-state index contributed by atoms with van der Waals surface area (Å²) in [5.74, 6) is 0.908. The maximum Gasteiger partial charge on any atom is 0.234 e. The van der Waals surface area contributed by atoms with Gasteiger partial charge in [-0.3, -0.25) is 14.5 Å². The zero-order valence-electron chi connectivity index (χ0n) is 16.0. The summed E-state index contributed by atoms with van der Waals surface area (Å²) in [6, 6.07) is 7.42. The van der Waals surface area contributed by atoms with Crippen molar-refractivity contribution in [2.24, 2.45) is 5.92 Å². The lowest BCUT2D eigenvalue weighted by Gasteiger charge is -2.34. The number of benzene rings is 1. The first kappa shape index (κ1) is 20.2. The van der Waals surface area contributed by atoms with Crippen molar-refractivity contribution in [3.05, 3.63) is 34.9 Å². The quantitative estimate of drug-likeness (QED) is 0.811. The number of halogens is 1. The third kappa shape index (κ3) is 6.51. The Kier molecular flexibility index (Phi) is 7.53. The van der Waals surface area contributed by atoms with E-state index in [4.69, 9.17) is 11.6 Å². The van der Waals surface area contributed by atoms with Crippen LogP contribution in [0.4, 0.5) is 0 Å². The monoisotopic (exact) mass is 391 g/mol. The molecule has 1 saturated heterocycles. The molecule has 2 amide bonds. The summed E-state index contributed by atoms with van der Waals surface area (Å²) < 4.78 is 0. The van der Waals surface area contributed by atoms with E-state index in [1.165, 1.54) is 32.1 Å². The fourth-order valence-corrected chi connectivity index (χ4v) is 4.08. The van der Waals surface area contributed by atoms with E-state index in [9.17, 15) is 9.59 Å². The molecule has 148 valence electrons. The lowest BCUT2D eigenvalue weighted by molar-refractivity contribution is -0.132. The number of carbonyl (C=O) groups excluding carboxylic acids is 2. The molecule has 0 aromatic heterocycles. The Hall–Kier alpha value is -1.59.